The van der Waals surface area contributed by atoms with Crippen molar-refractivity contribution in [2.45, 2.75) is 6.42 Å². The van der Waals surface area contributed by atoms with Gasteiger partial charge in [-0.25, -0.2) is 0 Å². The molecule has 4 aromatic rings. The van der Waals surface area contributed by atoms with Gasteiger partial charge in [-0.15, -0.1) is 0 Å². The summed E-state index contributed by atoms with van der Waals surface area (Å²) in [6.07, 6.45) is 0.177. The van der Waals surface area contributed by atoms with Crippen LogP contribution >= 0.6 is 10.5 Å². The highest BCUT2D eigenvalue weighted by Gasteiger charge is 2.23. The fourth-order valence-corrected chi connectivity index (χ4v) is 5.51. The van der Waals surface area contributed by atoms with Crippen molar-refractivity contribution in [2.24, 2.45) is 0 Å². The van der Waals surface area contributed by atoms with E-state index in [-0.39, 0.29) is 29.3 Å². The molecule has 0 aliphatic rings. The van der Waals surface area contributed by atoms with Crippen molar-refractivity contribution in [1.82, 2.24) is 0 Å². The van der Waals surface area contributed by atoms with E-state index in [4.69, 9.17) is 5.11 Å². The average molecular weight is 333 g/mol. The maximum Gasteiger partial charge on any atom is 0.187 e. The molecule has 2 nitrogen and oxygen atoms in total. The maximum absolute atomic E-state index is 11.9. The first-order valence-corrected chi connectivity index (χ1v) is 9.19. The van der Waals surface area contributed by atoms with E-state index in [2.05, 4.69) is 48.5 Å². The monoisotopic (exact) mass is 333 g/mol. The van der Waals surface area contributed by atoms with E-state index < -0.39 is 0 Å². The van der Waals surface area contributed by atoms with Crippen LogP contribution in [0.2, 0.25) is 0 Å². The Balaban J connectivity index is 1.91. The number of Topliss-reactive ketones (excluding diaryl/α,β-unsaturated/α-hetero) is 1. The Morgan fingerprint density at radius 1 is 0.792 bits per heavy atom. The summed E-state index contributed by atoms with van der Waals surface area (Å²) in [6.45, 7) is -0.105. The summed E-state index contributed by atoms with van der Waals surface area (Å²) in [6, 6.07) is 25.0. The van der Waals surface area contributed by atoms with Gasteiger partial charge in [0.2, 0.25) is 0 Å². The summed E-state index contributed by atoms with van der Waals surface area (Å²) < 4.78 is 2.68. The highest BCUT2D eigenvalue weighted by molar-refractivity contribution is 7.50. The summed E-state index contributed by atoms with van der Waals surface area (Å²) in [5.41, 5.74) is 0.664. The van der Waals surface area contributed by atoms with Crippen LogP contribution < -0.4 is 0 Å². The number of hydrogen-bond acceptors (Lipinski definition) is 2. The molecule has 0 saturated heterocycles. The molecule has 1 heterocycles. The Hall–Kier alpha value is -2.49. The Morgan fingerprint density at radius 3 is 1.88 bits per heavy atom. The number of thiophene rings is 1. The molecule has 3 heteroatoms. The zero-order chi connectivity index (χ0) is 16.5. The molecule has 0 radical (unpaired) electrons. The molecule has 24 heavy (non-hydrogen) atoms. The zero-order valence-electron chi connectivity index (χ0n) is 13.1. The second-order valence-corrected chi connectivity index (χ2v) is 7.68. The number of rotatable bonds is 4. The Morgan fingerprint density at radius 2 is 1.33 bits per heavy atom. The van der Waals surface area contributed by atoms with Gasteiger partial charge < -0.3 is 5.11 Å². The average Bonchev–Trinajstić information content (AvgIpc) is 2.97. The molecule has 0 amide bonds. The molecule has 0 spiro atoms. The lowest BCUT2D eigenvalue weighted by Gasteiger charge is -1.99. The Bertz CT molecular complexity index is 976. The summed E-state index contributed by atoms with van der Waals surface area (Å²) in [5, 5.41) is 11.5. The van der Waals surface area contributed by atoms with Crippen LogP contribution in [0.5, 0.6) is 0 Å². The van der Waals surface area contributed by atoms with Crippen LogP contribution in [0.25, 0.3) is 25.1 Å². The van der Waals surface area contributed by atoms with Crippen molar-refractivity contribution in [3.05, 3.63) is 78.4 Å². The minimum Gasteiger partial charge on any atom is -0.396 e. The summed E-state index contributed by atoms with van der Waals surface area (Å²) in [5.74, 6) is -0.0143. The highest BCUT2D eigenvalue weighted by Crippen LogP contribution is 2.48. The van der Waals surface area contributed by atoms with Gasteiger partial charge >= 0.3 is 0 Å². The highest BCUT2D eigenvalue weighted by atomic mass is 32.2. The Kier molecular flexibility index (Phi) is 3.89. The van der Waals surface area contributed by atoms with Gasteiger partial charge in [-0.3, -0.25) is 4.79 Å². The van der Waals surface area contributed by atoms with Gasteiger partial charge in [0, 0.05) is 33.2 Å². The number of aliphatic hydroxyl groups is 1. The third kappa shape index (κ3) is 2.42. The van der Waals surface area contributed by atoms with Crippen LogP contribution in [-0.4, -0.2) is 17.5 Å². The molecule has 0 aliphatic heterocycles. The smallest absolute Gasteiger partial charge is 0.187 e. The Labute approximate surface area is 143 Å². The van der Waals surface area contributed by atoms with E-state index in [1.54, 1.807) is 0 Å². The molecule has 4 rings (SSSR count). The minimum atomic E-state index is -0.126. The topological polar surface area (TPSA) is 37.3 Å². The van der Waals surface area contributed by atoms with Crippen molar-refractivity contribution < 1.29 is 9.90 Å². The lowest BCUT2D eigenvalue weighted by atomic mass is 10.1. The SMILES string of the molecule is O=C(CCO)c1ccc(-[s+]2c3ccccc3c3ccccc32)cc1. The van der Waals surface area contributed by atoms with Crippen molar-refractivity contribution in [1.29, 1.82) is 0 Å². The predicted molar refractivity (Wildman–Crippen MR) is 101 cm³/mol. The van der Waals surface area contributed by atoms with Crippen LogP contribution in [0.3, 0.4) is 0 Å². The van der Waals surface area contributed by atoms with Gasteiger partial charge in [0.05, 0.1) is 6.61 Å². The number of carbonyl (C=O) groups is 1. The molecule has 1 aromatic heterocycles. The second kappa shape index (κ2) is 6.19. The third-order valence-corrected chi connectivity index (χ3v) is 6.59. The molecular weight excluding hydrogens is 316 g/mol. The van der Waals surface area contributed by atoms with E-state index in [1.807, 2.05) is 24.3 Å². The van der Waals surface area contributed by atoms with Gasteiger partial charge in [0.25, 0.3) is 0 Å². The normalized spacial score (nSPS) is 11.2. The summed E-state index contributed by atoms with van der Waals surface area (Å²) in [7, 11) is -0.126. The number of benzene rings is 3. The van der Waals surface area contributed by atoms with E-state index in [9.17, 15) is 4.79 Å². The lowest BCUT2D eigenvalue weighted by Crippen LogP contribution is -2.00. The van der Waals surface area contributed by atoms with Gasteiger partial charge in [-0.2, -0.15) is 0 Å². The maximum atomic E-state index is 11.9. The van der Waals surface area contributed by atoms with E-state index in [0.29, 0.717) is 5.56 Å². The lowest BCUT2D eigenvalue weighted by molar-refractivity contribution is 0.0956. The van der Waals surface area contributed by atoms with Crippen LogP contribution in [0, 0.1) is 0 Å². The van der Waals surface area contributed by atoms with E-state index in [1.165, 1.54) is 25.1 Å². The number of fused-ring (bicyclic) bond motifs is 3. The van der Waals surface area contributed by atoms with Crippen LogP contribution in [0.15, 0.2) is 72.8 Å². The van der Waals surface area contributed by atoms with Crippen molar-refractivity contribution in [2.75, 3.05) is 6.61 Å². The fourth-order valence-electron chi connectivity index (χ4n) is 3.13. The zero-order valence-corrected chi connectivity index (χ0v) is 13.9. The first-order chi connectivity index (χ1) is 11.8. The quantitative estimate of drug-likeness (QED) is 0.407. The molecule has 0 bridgehead atoms. The second-order valence-electron chi connectivity index (χ2n) is 5.72. The molecule has 3 aromatic carbocycles. The number of ketones is 1. The van der Waals surface area contributed by atoms with Gasteiger partial charge in [-0.1, -0.05) is 24.3 Å². The van der Waals surface area contributed by atoms with Crippen LogP contribution in [-0.2, 0) is 0 Å². The first kappa shape index (κ1) is 15.1. The molecular formula is C21H17O2S+. The molecule has 0 fully saturated rings. The van der Waals surface area contributed by atoms with Gasteiger partial charge in [0.1, 0.15) is 0 Å². The van der Waals surface area contributed by atoms with Gasteiger partial charge in [-0.05, 0) is 48.5 Å². The predicted octanol–water partition coefficient (Wildman–Crippen LogP) is 5.30. The third-order valence-electron chi connectivity index (χ3n) is 4.25. The van der Waals surface area contributed by atoms with Crippen molar-refractivity contribution in [3.63, 3.8) is 0 Å². The number of hydrogen-bond donors (Lipinski definition) is 1. The van der Waals surface area contributed by atoms with Crippen LogP contribution in [0.4, 0.5) is 0 Å². The molecule has 0 saturated carbocycles. The molecule has 0 unspecified atom stereocenters. The molecule has 0 aliphatic carbocycles. The summed E-state index contributed by atoms with van der Waals surface area (Å²) >= 11 is 0. The standard InChI is InChI=1S/C21H17O2S/c22-14-13-19(23)15-9-11-16(12-10-15)24-20-7-3-1-5-17(20)18-6-2-4-8-21(18)24/h1-12,22H,13-14H2/q+1. The minimum absolute atomic E-state index is 0.0143. The summed E-state index contributed by atoms with van der Waals surface area (Å²) in [4.78, 5) is 13.1. The molecule has 1 N–H and O–H groups in total. The fraction of sp³-hybridized carbons (Fsp3) is 0.0952. The van der Waals surface area contributed by atoms with Crippen molar-refractivity contribution in [3.8, 4) is 4.90 Å². The number of aliphatic hydroxyl groups excluding tert-OH is 1. The molecule has 0 atom stereocenters. The van der Waals surface area contributed by atoms with Crippen LogP contribution in [0.1, 0.15) is 16.8 Å². The van der Waals surface area contributed by atoms with E-state index >= 15 is 0 Å². The van der Waals surface area contributed by atoms with E-state index in [0.717, 1.165) is 0 Å². The molecule has 118 valence electrons. The van der Waals surface area contributed by atoms with Crippen molar-refractivity contribution >= 4 is 36.4 Å². The number of carbonyl (C=O) groups excluding carboxylic acids is 1. The van der Waals surface area contributed by atoms with Gasteiger partial charge in [0.15, 0.2) is 20.1 Å². The first-order valence-electron chi connectivity index (χ1n) is 7.96. The largest absolute Gasteiger partial charge is 0.396 e.